The summed E-state index contributed by atoms with van der Waals surface area (Å²) in [6.07, 6.45) is 2.53. The molecule has 1 aliphatic heterocycles. The molecule has 3 aliphatic rings. The van der Waals surface area contributed by atoms with Crippen molar-refractivity contribution >= 4 is 62.4 Å². The van der Waals surface area contributed by atoms with Crippen molar-refractivity contribution in [1.82, 2.24) is 4.98 Å². The van der Waals surface area contributed by atoms with E-state index in [0.29, 0.717) is 104 Å². The van der Waals surface area contributed by atoms with Crippen molar-refractivity contribution in [2.24, 2.45) is 23.7 Å². The number of aliphatic hydroxyl groups is 2. The van der Waals surface area contributed by atoms with Gasteiger partial charge in [0.15, 0.2) is 0 Å². The first kappa shape index (κ1) is 51.4. The monoisotopic (exact) mass is 1010 g/mol. The van der Waals surface area contributed by atoms with E-state index in [1.807, 2.05) is 0 Å². The third-order valence-electron chi connectivity index (χ3n) is 12.5. The van der Waals surface area contributed by atoms with Crippen LogP contribution in [0.5, 0.6) is 40.2 Å². The number of aromatic nitrogens is 1. The van der Waals surface area contributed by atoms with Crippen LogP contribution in [-0.4, -0.2) is 111 Å². The molecule has 19 nitrogen and oxygen atoms in total. The number of ether oxygens (including phenoxy) is 9. The smallest absolute Gasteiger partial charge is 0.314 e. The van der Waals surface area contributed by atoms with Crippen molar-refractivity contribution in [2.75, 3.05) is 64.9 Å². The predicted molar refractivity (Wildman–Crippen MR) is 257 cm³/mol. The lowest BCUT2D eigenvalue weighted by molar-refractivity contribution is -0.145. The fraction of sp³-hybridized carbons (Fsp3) is 0.404. The summed E-state index contributed by atoms with van der Waals surface area (Å²) in [6.45, 7) is 1.49. The molecule has 0 saturated heterocycles. The topological polar surface area (TPSA) is 242 Å². The summed E-state index contributed by atoms with van der Waals surface area (Å²) in [6, 6.07) is 20.9. The number of carbonyl (C=O) groups is 6. The minimum atomic E-state index is -0.829. The van der Waals surface area contributed by atoms with Crippen molar-refractivity contribution < 1.29 is 81.6 Å². The zero-order valence-corrected chi connectivity index (χ0v) is 40.3. The van der Waals surface area contributed by atoms with Crippen LogP contribution in [0.25, 0.3) is 10.2 Å². The highest BCUT2D eigenvalue weighted by Gasteiger charge is 2.45. The lowest BCUT2D eigenvalue weighted by atomic mass is 9.82. The van der Waals surface area contributed by atoms with E-state index in [4.69, 9.17) is 52.8 Å². The Hall–Kier alpha value is -6.97. The maximum absolute atomic E-state index is 14.4. The summed E-state index contributed by atoms with van der Waals surface area (Å²) < 4.78 is 50.6. The molecule has 8 rings (SSSR count). The third-order valence-corrected chi connectivity index (χ3v) is 13.5. The molecule has 2 aliphatic carbocycles. The Bertz CT molecular complexity index is 2580. The van der Waals surface area contributed by atoms with Crippen LogP contribution in [0.2, 0.25) is 0 Å². The quantitative estimate of drug-likeness (QED) is 0.0325. The molecular formula is C52H54N2O17S. The molecule has 0 spiro atoms. The normalized spacial score (nSPS) is 18.6. The lowest BCUT2D eigenvalue weighted by Gasteiger charge is -2.26. The van der Waals surface area contributed by atoms with Crippen LogP contribution in [-0.2, 0) is 28.7 Å². The Balaban J connectivity index is 0.900. The molecule has 5 aromatic rings. The maximum Gasteiger partial charge on any atom is 0.314 e. The average molecular weight is 1010 g/mol. The molecule has 2 N–H and O–H groups in total. The summed E-state index contributed by atoms with van der Waals surface area (Å²) in [5, 5.41) is 17.7. The van der Waals surface area contributed by atoms with Crippen LogP contribution in [0.15, 0.2) is 78.9 Å². The zero-order chi connectivity index (χ0) is 50.6. The van der Waals surface area contributed by atoms with E-state index in [9.17, 15) is 28.8 Å². The van der Waals surface area contributed by atoms with Crippen LogP contribution in [0.4, 0.5) is 5.13 Å². The average Bonchev–Trinajstić information content (AvgIpc) is 3.94. The van der Waals surface area contributed by atoms with Crippen LogP contribution in [0.1, 0.15) is 72.1 Å². The summed E-state index contributed by atoms with van der Waals surface area (Å²) >= 11 is 1.07. The minimum Gasteiger partial charge on any atom is -0.497 e. The highest BCUT2D eigenvalue weighted by atomic mass is 32.1. The van der Waals surface area contributed by atoms with E-state index in [1.54, 1.807) is 66.7 Å². The second-order valence-corrected chi connectivity index (χ2v) is 18.2. The molecule has 380 valence electrons. The maximum atomic E-state index is 14.4. The number of amides is 2. The van der Waals surface area contributed by atoms with Crippen molar-refractivity contribution in [3.63, 3.8) is 0 Å². The van der Waals surface area contributed by atoms with E-state index in [-0.39, 0.29) is 67.4 Å². The molecule has 2 heterocycles. The molecule has 2 amide bonds. The first-order valence-corrected chi connectivity index (χ1v) is 24.5. The summed E-state index contributed by atoms with van der Waals surface area (Å²) in [4.78, 5) is 88.1. The predicted octanol–water partition coefficient (Wildman–Crippen LogP) is 6.52. The Kier molecular flexibility index (Phi) is 17.4. The van der Waals surface area contributed by atoms with Gasteiger partial charge < -0.3 is 52.8 Å². The molecule has 72 heavy (non-hydrogen) atoms. The Morgan fingerprint density at radius 2 is 0.917 bits per heavy atom. The van der Waals surface area contributed by atoms with Gasteiger partial charge in [-0.2, -0.15) is 0 Å². The number of aliphatic hydroxyl groups excluding tert-OH is 2. The number of hydrogen-bond acceptors (Lipinski definition) is 19. The van der Waals surface area contributed by atoms with Crippen molar-refractivity contribution in [3.05, 3.63) is 90.0 Å². The van der Waals surface area contributed by atoms with E-state index in [2.05, 4.69) is 4.98 Å². The number of carbonyl (C=O) groups excluding carboxylic acids is 6. The Labute approximate surface area is 417 Å². The van der Waals surface area contributed by atoms with E-state index in [0.717, 1.165) is 16.2 Å². The highest BCUT2D eigenvalue weighted by molar-refractivity contribution is 7.22. The van der Waals surface area contributed by atoms with Crippen molar-refractivity contribution in [1.29, 1.82) is 0 Å². The lowest BCUT2D eigenvalue weighted by Crippen LogP contribution is -2.31. The van der Waals surface area contributed by atoms with Crippen molar-refractivity contribution in [2.45, 2.75) is 51.4 Å². The van der Waals surface area contributed by atoms with Gasteiger partial charge in [0.25, 0.3) is 11.8 Å². The van der Waals surface area contributed by atoms with E-state index < -0.39 is 59.4 Å². The first-order valence-electron chi connectivity index (χ1n) is 23.7. The number of hydrogen-bond donors (Lipinski definition) is 2. The first-order chi connectivity index (χ1) is 35.0. The van der Waals surface area contributed by atoms with Gasteiger partial charge in [-0.05, 0) is 130 Å². The van der Waals surface area contributed by atoms with Crippen LogP contribution in [0, 0.1) is 23.7 Å². The summed E-state index contributed by atoms with van der Waals surface area (Å²) in [5.74, 6) is -4.13. The van der Waals surface area contributed by atoms with Gasteiger partial charge in [0, 0.05) is 0 Å². The Morgan fingerprint density at radius 3 is 1.32 bits per heavy atom. The van der Waals surface area contributed by atoms with Gasteiger partial charge in [-0.15, -0.1) is 0 Å². The largest absolute Gasteiger partial charge is 0.497 e. The van der Waals surface area contributed by atoms with Gasteiger partial charge in [0.1, 0.15) is 53.5 Å². The van der Waals surface area contributed by atoms with Crippen LogP contribution < -0.4 is 38.1 Å². The fourth-order valence-corrected chi connectivity index (χ4v) is 9.65. The second kappa shape index (κ2) is 24.4. The Morgan fingerprint density at radius 1 is 0.528 bits per heavy atom. The number of benzene rings is 4. The molecule has 0 bridgehead atoms. The zero-order valence-electron chi connectivity index (χ0n) is 39.4. The molecule has 1 aromatic heterocycles. The molecule has 0 atom stereocenters. The molecule has 0 unspecified atom stereocenters. The fourth-order valence-electron chi connectivity index (χ4n) is 8.65. The third kappa shape index (κ3) is 12.5. The number of methoxy groups -OCH3 is 1. The number of thiazole rings is 1. The van der Waals surface area contributed by atoms with Gasteiger partial charge in [-0.25, -0.2) is 9.88 Å². The molecule has 2 saturated carbocycles. The number of imide groups is 1. The number of nitrogens with zero attached hydrogens (tertiary/aromatic N) is 2. The van der Waals surface area contributed by atoms with Gasteiger partial charge in [-0.1, -0.05) is 11.3 Å². The highest BCUT2D eigenvalue weighted by Crippen LogP contribution is 2.43. The number of esters is 4. The van der Waals surface area contributed by atoms with E-state index >= 15 is 0 Å². The van der Waals surface area contributed by atoms with Gasteiger partial charge in [0.05, 0.1) is 91.8 Å². The number of anilines is 1. The van der Waals surface area contributed by atoms with Gasteiger partial charge >= 0.3 is 23.9 Å². The number of fused-ring (bicyclic) bond motifs is 2. The van der Waals surface area contributed by atoms with Gasteiger partial charge in [0.2, 0.25) is 5.13 Å². The second-order valence-electron chi connectivity index (χ2n) is 17.2. The van der Waals surface area contributed by atoms with Crippen molar-refractivity contribution in [3.8, 4) is 40.2 Å². The SMILES string of the molecule is COc1ccc2nc(N3C(=O)c4c(OC(=O)C5CCC(C(=O)Oc6ccc(OCCOCCO)cc6)CC5)ccc(OC(=O)C5CCC(C(=O)Oc6ccc(OCCOCCO)cc6)CC5)c4C3=O)sc2c1. The summed E-state index contributed by atoms with van der Waals surface area (Å²) in [5.41, 5.74) is -0.0275. The van der Waals surface area contributed by atoms with Crippen LogP contribution in [0.3, 0.4) is 0 Å². The standard InChI is InChI=1S/C52H54N2O17S/c1-63-39-18-19-40-43(30-39)72-52(53-40)54-46(57)44-41(70-50(61)33-6-2-31(3-7-33)48(59)68-37-14-10-35(11-15-37)66-28-26-64-24-22-55)20-21-42(45(44)47(54)58)71-51(62)34-8-4-32(5-9-34)49(60)69-38-16-12-36(13-17-38)67-29-27-65-25-23-56/h10-21,30-34,55-56H,2-9,22-29H2,1H3. The summed E-state index contributed by atoms with van der Waals surface area (Å²) in [7, 11) is 1.51. The molecule has 20 heteroatoms. The van der Waals surface area contributed by atoms with Gasteiger partial charge in [-0.3, -0.25) is 28.8 Å². The van der Waals surface area contributed by atoms with Crippen LogP contribution >= 0.6 is 11.3 Å². The number of rotatable bonds is 22. The minimum absolute atomic E-state index is 0.0452. The molecule has 4 aromatic carbocycles. The molecular weight excluding hydrogens is 957 g/mol. The molecule has 0 radical (unpaired) electrons. The van der Waals surface area contributed by atoms with E-state index in [1.165, 1.54) is 19.2 Å². The molecule has 2 fully saturated rings.